The quantitative estimate of drug-likeness (QED) is 0.783. The number of nitrogens with one attached hydrogen (secondary N) is 1. The molecule has 1 aromatic carbocycles. The van der Waals surface area contributed by atoms with E-state index in [0.29, 0.717) is 36.9 Å². The third-order valence-electron chi connectivity index (χ3n) is 3.29. The summed E-state index contributed by atoms with van der Waals surface area (Å²) in [7, 11) is 0. The van der Waals surface area contributed by atoms with Gasteiger partial charge in [0.05, 0.1) is 13.2 Å². The number of carbonyl (C=O) groups is 1. The number of rotatable bonds is 4. The Morgan fingerprint density at radius 1 is 1.30 bits per heavy atom. The van der Waals surface area contributed by atoms with Gasteiger partial charge in [-0.05, 0) is 6.07 Å². The molecular formula is C14H16Cl4N2O3. The highest BCUT2D eigenvalue weighted by Crippen LogP contribution is 2.32. The van der Waals surface area contributed by atoms with Gasteiger partial charge >= 0.3 is 6.09 Å². The van der Waals surface area contributed by atoms with Crippen molar-refractivity contribution in [3.63, 3.8) is 0 Å². The van der Waals surface area contributed by atoms with Crippen LogP contribution >= 0.6 is 46.4 Å². The summed E-state index contributed by atoms with van der Waals surface area (Å²) in [6.07, 6.45) is -1.50. The molecule has 0 radical (unpaired) electrons. The zero-order valence-corrected chi connectivity index (χ0v) is 15.1. The van der Waals surface area contributed by atoms with Crippen LogP contribution in [-0.2, 0) is 16.1 Å². The number of ether oxygens (including phenoxy) is 2. The van der Waals surface area contributed by atoms with E-state index in [4.69, 9.17) is 55.9 Å². The van der Waals surface area contributed by atoms with Gasteiger partial charge in [0.1, 0.15) is 12.8 Å². The van der Waals surface area contributed by atoms with Gasteiger partial charge in [-0.25, -0.2) is 4.79 Å². The van der Waals surface area contributed by atoms with Crippen LogP contribution in [0, 0.1) is 0 Å². The van der Waals surface area contributed by atoms with Crippen molar-refractivity contribution in [2.45, 2.75) is 16.6 Å². The van der Waals surface area contributed by atoms with Crippen LogP contribution in [0.1, 0.15) is 5.56 Å². The fourth-order valence-corrected chi connectivity index (χ4v) is 2.90. The first-order chi connectivity index (χ1) is 10.9. The van der Waals surface area contributed by atoms with Crippen LogP contribution in [-0.4, -0.2) is 47.3 Å². The zero-order valence-electron chi connectivity index (χ0n) is 12.1. The van der Waals surface area contributed by atoms with Gasteiger partial charge in [0.2, 0.25) is 3.79 Å². The van der Waals surface area contributed by atoms with Crippen molar-refractivity contribution in [3.05, 3.63) is 34.9 Å². The second-order valence-electron chi connectivity index (χ2n) is 4.90. The number of alkyl halides is 3. The van der Waals surface area contributed by atoms with Gasteiger partial charge in [-0.2, -0.15) is 0 Å². The van der Waals surface area contributed by atoms with E-state index >= 15 is 0 Å². The van der Waals surface area contributed by atoms with Crippen LogP contribution < -0.4 is 5.32 Å². The fourth-order valence-electron chi connectivity index (χ4n) is 2.13. The summed E-state index contributed by atoms with van der Waals surface area (Å²) in [5.74, 6) is 0. The number of benzene rings is 1. The number of halogens is 4. The van der Waals surface area contributed by atoms with Crippen molar-refractivity contribution in [2.75, 3.05) is 26.3 Å². The third kappa shape index (κ3) is 5.85. The van der Waals surface area contributed by atoms with Crippen LogP contribution in [0.25, 0.3) is 0 Å². The van der Waals surface area contributed by atoms with Crippen molar-refractivity contribution in [2.24, 2.45) is 0 Å². The van der Waals surface area contributed by atoms with Crippen LogP contribution in [0.4, 0.5) is 4.79 Å². The van der Waals surface area contributed by atoms with E-state index in [2.05, 4.69) is 5.32 Å². The van der Waals surface area contributed by atoms with Gasteiger partial charge in [0, 0.05) is 23.7 Å². The summed E-state index contributed by atoms with van der Waals surface area (Å²) in [5.41, 5.74) is 0.695. The SMILES string of the molecule is O=C(N[C@@H](N1CCOCC1)C(Cl)(Cl)Cl)OCc1ccccc1Cl. The minimum absolute atomic E-state index is 0.0290. The molecular weight excluding hydrogens is 386 g/mol. The Bertz CT molecular complexity index is 533. The zero-order chi connectivity index (χ0) is 16.9. The molecule has 2 rings (SSSR count). The Hall–Kier alpha value is -0.430. The molecule has 0 spiro atoms. The number of hydrogen-bond acceptors (Lipinski definition) is 4. The molecule has 1 heterocycles. The molecule has 1 atom stereocenters. The van der Waals surface area contributed by atoms with E-state index in [1.807, 2.05) is 4.90 Å². The summed E-state index contributed by atoms with van der Waals surface area (Å²) in [6, 6.07) is 7.09. The molecule has 1 saturated heterocycles. The van der Waals surface area contributed by atoms with Crippen LogP contribution in [0.3, 0.4) is 0 Å². The highest BCUT2D eigenvalue weighted by molar-refractivity contribution is 6.68. The van der Waals surface area contributed by atoms with Crippen molar-refractivity contribution >= 4 is 52.5 Å². The Labute approximate surface area is 154 Å². The van der Waals surface area contributed by atoms with Crippen LogP contribution in [0.15, 0.2) is 24.3 Å². The summed E-state index contributed by atoms with van der Waals surface area (Å²) in [5, 5.41) is 3.11. The Balaban J connectivity index is 1.93. The molecule has 5 nitrogen and oxygen atoms in total. The maximum Gasteiger partial charge on any atom is 0.408 e. The van der Waals surface area contributed by atoms with Gasteiger partial charge in [0.25, 0.3) is 0 Å². The lowest BCUT2D eigenvalue weighted by Gasteiger charge is -2.37. The molecule has 1 fully saturated rings. The summed E-state index contributed by atoms with van der Waals surface area (Å²) in [6.45, 7) is 2.13. The Kier molecular flexibility index (Phi) is 7.07. The van der Waals surface area contributed by atoms with Crippen LogP contribution in [0.5, 0.6) is 0 Å². The molecule has 1 N–H and O–H groups in total. The van der Waals surface area contributed by atoms with Gasteiger partial charge in [-0.1, -0.05) is 64.6 Å². The van der Waals surface area contributed by atoms with E-state index in [1.54, 1.807) is 24.3 Å². The number of nitrogens with zero attached hydrogens (tertiary/aromatic N) is 1. The van der Waals surface area contributed by atoms with E-state index in [0.717, 1.165) is 0 Å². The van der Waals surface area contributed by atoms with Gasteiger partial charge in [-0.3, -0.25) is 4.90 Å². The molecule has 1 aliphatic rings. The average molecular weight is 402 g/mol. The summed E-state index contributed by atoms with van der Waals surface area (Å²) < 4.78 is 8.72. The van der Waals surface area contributed by atoms with Crippen molar-refractivity contribution < 1.29 is 14.3 Å². The highest BCUT2D eigenvalue weighted by Gasteiger charge is 2.39. The van der Waals surface area contributed by atoms with Gasteiger partial charge in [0.15, 0.2) is 0 Å². The number of morpholine rings is 1. The maximum absolute atomic E-state index is 12.0. The third-order valence-corrected chi connectivity index (χ3v) is 4.28. The minimum Gasteiger partial charge on any atom is -0.445 e. The highest BCUT2D eigenvalue weighted by atomic mass is 35.6. The first kappa shape index (κ1) is 18.9. The average Bonchev–Trinajstić information content (AvgIpc) is 2.51. The van der Waals surface area contributed by atoms with Crippen molar-refractivity contribution in [1.82, 2.24) is 10.2 Å². The molecule has 0 aliphatic carbocycles. The van der Waals surface area contributed by atoms with E-state index in [9.17, 15) is 4.79 Å². The first-order valence-electron chi connectivity index (χ1n) is 6.93. The van der Waals surface area contributed by atoms with Gasteiger partial charge < -0.3 is 14.8 Å². The molecule has 0 unspecified atom stereocenters. The number of amides is 1. The van der Waals surface area contributed by atoms with E-state index in [-0.39, 0.29) is 6.61 Å². The minimum atomic E-state index is -1.69. The molecule has 23 heavy (non-hydrogen) atoms. The normalized spacial score (nSPS) is 17.6. The summed E-state index contributed by atoms with van der Waals surface area (Å²) >= 11 is 23.9. The molecule has 0 saturated carbocycles. The fraction of sp³-hybridized carbons (Fsp3) is 0.500. The standard InChI is InChI=1S/C14H16Cl4N2O3/c15-11-4-2-1-3-10(11)9-23-13(21)19-12(14(16,17)18)20-5-7-22-8-6-20/h1-4,12H,5-9H2,(H,19,21)/t12-/m0/s1. The van der Waals surface area contributed by atoms with Crippen LogP contribution in [0.2, 0.25) is 5.02 Å². The predicted octanol–water partition coefficient (Wildman–Crippen LogP) is 3.59. The second kappa shape index (κ2) is 8.60. The molecule has 128 valence electrons. The number of hydrogen-bond donors (Lipinski definition) is 1. The topological polar surface area (TPSA) is 50.8 Å². The molecule has 0 bridgehead atoms. The molecule has 1 aromatic rings. The summed E-state index contributed by atoms with van der Waals surface area (Å²) in [4.78, 5) is 13.8. The largest absolute Gasteiger partial charge is 0.445 e. The number of alkyl carbamates (subject to hydrolysis) is 1. The second-order valence-corrected chi connectivity index (χ2v) is 7.68. The Morgan fingerprint density at radius 2 is 1.96 bits per heavy atom. The lowest BCUT2D eigenvalue weighted by atomic mass is 10.2. The lowest BCUT2D eigenvalue weighted by molar-refractivity contribution is 0.00867. The van der Waals surface area contributed by atoms with Crippen molar-refractivity contribution in [1.29, 1.82) is 0 Å². The van der Waals surface area contributed by atoms with E-state index < -0.39 is 16.1 Å². The van der Waals surface area contributed by atoms with E-state index in [1.165, 1.54) is 0 Å². The predicted molar refractivity (Wildman–Crippen MR) is 91.2 cm³/mol. The molecule has 9 heteroatoms. The van der Waals surface area contributed by atoms with Crippen molar-refractivity contribution in [3.8, 4) is 0 Å². The first-order valence-corrected chi connectivity index (χ1v) is 8.44. The smallest absolute Gasteiger partial charge is 0.408 e. The molecule has 1 amide bonds. The monoisotopic (exact) mass is 400 g/mol. The number of carbonyl (C=O) groups excluding carboxylic acids is 1. The lowest BCUT2D eigenvalue weighted by Crippen LogP contribution is -2.58. The molecule has 1 aliphatic heterocycles. The maximum atomic E-state index is 12.0. The molecule has 0 aromatic heterocycles. The Morgan fingerprint density at radius 3 is 2.57 bits per heavy atom. The van der Waals surface area contributed by atoms with Gasteiger partial charge in [-0.15, -0.1) is 0 Å².